The summed E-state index contributed by atoms with van der Waals surface area (Å²) >= 11 is 0. The van der Waals surface area contributed by atoms with E-state index in [0.29, 0.717) is 0 Å². The molecule has 130 valence electrons. The molecule has 0 saturated heterocycles. The molecule has 0 aromatic heterocycles. The second-order valence-corrected chi connectivity index (χ2v) is 5.32. The van der Waals surface area contributed by atoms with Crippen LogP contribution in [0, 0.1) is 10.1 Å². The molecule has 1 rings (SSSR count). The summed E-state index contributed by atoms with van der Waals surface area (Å²) in [6.07, 6.45) is 0. The number of nitro groups is 1. The summed E-state index contributed by atoms with van der Waals surface area (Å²) in [4.78, 5) is 46.0. The van der Waals surface area contributed by atoms with E-state index in [2.05, 4.69) is 10.1 Å². The molecular weight excluding hydrogens is 320 g/mol. The van der Waals surface area contributed by atoms with Crippen molar-refractivity contribution in [2.45, 2.75) is 26.3 Å². The number of nitrogens with one attached hydrogen (secondary N) is 1. The molecule has 0 radical (unpaired) electrons. The lowest BCUT2D eigenvalue weighted by atomic mass is 10.0. The Balaban J connectivity index is 3.22. The van der Waals surface area contributed by atoms with Gasteiger partial charge in [-0.3, -0.25) is 14.9 Å². The van der Waals surface area contributed by atoms with Crippen LogP contribution in [0.3, 0.4) is 0 Å². The molecular formula is C15H18N2O7. The van der Waals surface area contributed by atoms with Gasteiger partial charge in [0.1, 0.15) is 5.54 Å². The molecule has 0 spiro atoms. The number of hydrogen-bond acceptors (Lipinski definition) is 7. The molecule has 0 unspecified atom stereocenters. The molecule has 1 amide bonds. The lowest BCUT2D eigenvalue weighted by molar-refractivity contribution is -0.384. The van der Waals surface area contributed by atoms with Crippen molar-refractivity contribution in [1.82, 2.24) is 5.32 Å². The van der Waals surface area contributed by atoms with E-state index in [4.69, 9.17) is 4.74 Å². The van der Waals surface area contributed by atoms with Gasteiger partial charge in [0.2, 0.25) is 0 Å². The summed E-state index contributed by atoms with van der Waals surface area (Å²) in [6.45, 7) is 4.50. The Bertz CT molecular complexity index is 682. The first-order valence-corrected chi connectivity index (χ1v) is 7.00. The van der Waals surface area contributed by atoms with Gasteiger partial charge in [-0.25, -0.2) is 9.59 Å². The zero-order chi connectivity index (χ0) is 18.5. The van der Waals surface area contributed by atoms with Gasteiger partial charge in [-0.2, -0.15) is 0 Å². The van der Waals surface area contributed by atoms with E-state index in [1.807, 2.05) is 0 Å². The predicted octanol–water partition coefficient (Wildman–Crippen LogP) is 1.45. The third-order valence-electron chi connectivity index (χ3n) is 3.02. The van der Waals surface area contributed by atoms with Crippen LogP contribution in [0.15, 0.2) is 18.2 Å². The number of hydrogen-bond donors (Lipinski definition) is 1. The largest absolute Gasteiger partial charge is 0.467 e. The number of methoxy groups -OCH3 is 1. The van der Waals surface area contributed by atoms with Gasteiger partial charge in [-0.05, 0) is 26.8 Å². The third-order valence-corrected chi connectivity index (χ3v) is 3.02. The van der Waals surface area contributed by atoms with Crippen molar-refractivity contribution in [2.24, 2.45) is 0 Å². The quantitative estimate of drug-likeness (QED) is 0.473. The van der Waals surface area contributed by atoms with Crippen molar-refractivity contribution in [2.75, 3.05) is 13.7 Å². The van der Waals surface area contributed by atoms with Gasteiger partial charge in [0.15, 0.2) is 0 Å². The number of carbonyl (C=O) groups is 3. The SMILES string of the molecule is CCOC(=O)c1cc(C(=O)NC(C)(C)C(=O)OC)cc([N+](=O)[O-])c1. The normalized spacial score (nSPS) is 10.7. The molecule has 1 N–H and O–H groups in total. The summed E-state index contributed by atoms with van der Waals surface area (Å²) in [5, 5.41) is 13.4. The number of rotatable bonds is 6. The van der Waals surface area contributed by atoms with E-state index in [9.17, 15) is 24.5 Å². The lowest BCUT2D eigenvalue weighted by Gasteiger charge is -2.23. The molecule has 0 aliphatic carbocycles. The summed E-state index contributed by atoms with van der Waals surface area (Å²) < 4.78 is 9.36. The maximum absolute atomic E-state index is 12.3. The molecule has 0 aliphatic heterocycles. The van der Waals surface area contributed by atoms with E-state index in [0.717, 1.165) is 18.2 Å². The first kappa shape index (κ1) is 19.1. The standard InChI is InChI=1S/C15H18N2O7/c1-5-24-13(19)10-6-9(7-11(8-10)17(21)22)12(18)16-15(2,3)14(20)23-4/h6-8H,5H2,1-4H3,(H,16,18). The van der Waals surface area contributed by atoms with E-state index in [-0.39, 0.29) is 17.7 Å². The molecule has 0 bridgehead atoms. The van der Waals surface area contributed by atoms with Crippen molar-refractivity contribution >= 4 is 23.5 Å². The Kier molecular flexibility index (Phi) is 5.99. The summed E-state index contributed by atoms with van der Waals surface area (Å²) in [5.41, 5.74) is -2.07. The van der Waals surface area contributed by atoms with E-state index in [1.54, 1.807) is 6.92 Å². The average molecular weight is 338 g/mol. The number of carbonyl (C=O) groups excluding carboxylic acids is 3. The van der Waals surface area contributed by atoms with Crippen molar-refractivity contribution in [1.29, 1.82) is 0 Å². The third kappa shape index (κ3) is 4.51. The Hall–Kier alpha value is -2.97. The monoisotopic (exact) mass is 338 g/mol. The molecule has 9 nitrogen and oxygen atoms in total. The van der Waals surface area contributed by atoms with Crippen LogP contribution >= 0.6 is 0 Å². The van der Waals surface area contributed by atoms with Gasteiger partial charge in [-0.1, -0.05) is 0 Å². The van der Waals surface area contributed by atoms with Crippen LogP contribution in [0.2, 0.25) is 0 Å². The summed E-state index contributed by atoms with van der Waals surface area (Å²) in [5.74, 6) is -2.24. The number of benzene rings is 1. The van der Waals surface area contributed by atoms with Crippen LogP contribution in [-0.2, 0) is 14.3 Å². The fourth-order valence-electron chi connectivity index (χ4n) is 1.84. The number of ether oxygens (including phenoxy) is 2. The summed E-state index contributed by atoms with van der Waals surface area (Å²) in [7, 11) is 1.17. The Morgan fingerprint density at radius 2 is 1.79 bits per heavy atom. The van der Waals surface area contributed by atoms with Crippen LogP contribution in [0.4, 0.5) is 5.69 Å². The number of nitro benzene ring substituents is 1. The summed E-state index contributed by atoms with van der Waals surface area (Å²) in [6, 6.07) is 3.18. The van der Waals surface area contributed by atoms with Gasteiger partial charge in [0.05, 0.1) is 24.2 Å². The first-order chi connectivity index (χ1) is 11.1. The van der Waals surface area contributed by atoms with Crippen molar-refractivity contribution in [3.05, 3.63) is 39.4 Å². The minimum Gasteiger partial charge on any atom is -0.467 e. The van der Waals surface area contributed by atoms with Crippen LogP contribution < -0.4 is 5.32 Å². The molecule has 0 fully saturated rings. The number of nitrogens with zero attached hydrogens (tertiary/aromatic N) is 1. The Morgan fingerprint density at radius 3 is 2.29 bits per heavy atom. The van der Waals surface area contributed by atoms with Gasteiger partial charge in [0.25, 0.3) is 11.6 Å². The van der Waals surface area contributed by atoms with Gasteiger partial charge >= 0.3 is 11.9 Å². The van der Waals surface area contributed by atoms with Crippen LogP contribution in [0.1, 0.15) is 41.5 Å². The highest BCUT2D eigenvalue weighted by Crippen LogP contribution is 2.19. The minimum absolute atomic E-state index is 0.0818. The van der Waals surface area contributed by atoms with E-state index < -0.39 is 34.0 Å². The molecule has 0 atom stereocenters. The second-order valence-electron chi connectivity index (χ2n) is 5.32. The maximum Gasteiger partial charge on any atom is 0.338 e. The van der Waals surface area contributed by atoms with Gasteiger partial charge in [-0.15, -0.1) is 0 Å². The van der Waals surface area contributed by atoms with Crippen LogP contribution in [-0.4, -0.2) is 42.0 Å². The highest BCUT2D eigenvalue weighted by molar-refractivity contribution is 6.01. The van der Waals surface area contributed by atoms with E-state index >= 15 is 0 Å². The highest BCUT2D eigenvalue weighted by atomic mass is 16.6. The van der Waals surface area contributed by atoms with Crippen molar-refractivity contribution < 1.29 is 28.8 Å². The molecule has 1 aromatic carbocycles. The molecule has 1 aromatic rings. The predicted molar refractivity (Wildman–Crippen MR) is 82.6 cm³/mol. The number of esters is 2. The minimum atomic E-state index is -1.35. The lowest BCUT2D eigenvalue weighted by Crippen LogP contribution is -2.50. The average Bonchev–Trinajstić information content (AvgIpc) is 2.53. The number of non-ortho nitro benzene ring substituents is 1. The van der Waals surface area contributed by atoms with Gasteiger partial charge < -0.3 is 14.8 Å². The molecule has 0 saturated carbocycles. The fourth-order valence-corrected chi connectivity index (χ4v) is 1.84. The Labute approximate surface area is 138 Å². The number of amides is 1. The second kappa shape index (κ2) is 7.53. The van der Waals surface area contributed by atoms with Crippen LogP contribution in [0.25, 0.3) is 0 Å². The maximum atomic E-state index is 12.3. The van der Waals surface area contributed by atoms with Crippen molar-refractivity contribution in [3.8, 4) is 0 Å². The molecule has 24 heavy (non-hydrogen) atoms. The Morgan fingerprint density at radius 1 is 1.21 bits per heavy atom. The van der Waals surface area contributed by atoms with E-state index in [1.165, 1.54) is 21.0 Å². The molecule has 0 heterocycles. The zero-order valence-electron chi connectivity index (χ0n) is 13.7. The highest BCUT2D eigenvalue weighted by Gasteiger charge is 2.31. The van der Waals surface area contributed by atoms with Crippen molar-refractivity contribution in [3.63, 3.8) is 0 Å². The van der Waals surface area contributed by atoms with Gasteiger partial charge in [0, 0.05) is 17.7 Å². The zero-order valence-corrected chi connectivity index (χ0v) is 13.7. The topological polar surface area (TPSA) is 125 Å². The fraction of sp³-hybridized carbons (Fsp3) is 0.400. The van der Waals surface area contributed by atoms with Crippen LogP contribution in [0.5, 0.6) is 0 Å². The molecule has 0 aliphatic rings. The smallest absolute Gasteiger partial charge is 0.338 e. The molecule has 9 heteroatoms. The first-order valence-electron chi connectivity index (χ1n) is 7.00.